The Labute approximate surface area is 159 Å². The van der Waals surface area contributed by atoms with Crippen molar-refractivity contribution >= 4 is 18.3 Å². The van der Waals surface area contributed by atoms with Gasteiger partial charge in [0.05, 0.1) is 6.54 Å². The molecule has 2 aromatic carbocycles. The zero-order valence-electron chi connectivity index (χ0n) is 14.5. The van der Waals surface area contributed by atoms with Crippen molar-refractivity contribution in [2.75, 3.05) is 13.1 Å². The Morgan fingerprint density at radius 3 is 2.58 bits per heavy atom. The Bertz CT molecular complexity index is 705. The molecule has 0 aromatic heterocycles. The fraction of sp³-hybridized carbons (Fsp3) is 0.350. The number of hydrogen-bond acceptors (Lipinski definition) is 3. The molecule has 1 saturated carbocycles. The minimum atomic E-state index is -0.265. The number of halogens is 2. The molecule has 1 aliphatic carbocycles. The van der Waals surface area contributed by atoms with Gasteiger partial charge in [0.2, 0.25) is 5.91 Å². The van der Waals surface area contributed by atoms with Gasteiger partial charge < -0.3 is 15.4 Å². The van der Waals surface area contributed by atoms with Crippen LogP contribution < -0.4 is 15.4 Å². The molecule has 0 atom stereocenters. The molecule has 0 radical (unpaired) electrons. The van der Waals surface area contributed by atoms with Crippen LogP contribution in [0.2, 0.25) is 0 Å². The average molecular weight is 379 g/mol. The van der Waals surface area contributed by atoms with E-state index in [1.54, 1.807) is 6.07 Å². The molecule has 1 fully saturated rings. The van der Waals surface area contributed by atoms with Gasteiger partial charge in [-0.1, -0.05) is 24.3 Å². The van der Waals surface area contributed by atoms with E-state index in [0.717, 1.165) is 23.6 Å². The summed E-state index contributed by atoms with van der Waals surface area (Å²) in [5, 5.41) is 6.06. The van der Waals surface area contributed by atoms with Gasteiger partial charge in [0.15, 0.2) is 0 Å². The topological polar surface area (TPSA) is 50.4 Å². The number of amides is 1. The van der Waals surface area contributed by atoms with Crippen LogP contribution in [0.15, 0.2) is 48.5 Å². The third-order valence-corrected chi connectivity index (χ3v) is 4.12. The summed E-state index contributed by atoms with van der Waals surface area (Å²) in [6.45, 7) is 2.12. The molecule has 140 valence electrons. The van der Waals surface area contributed by atoms with Crippen LogP contribution in [-0.4, -0.2) is 19.0 Å². The second-order valence-electron chi connectivity index (χ2n) is 6.41. The van der Waals surface area contributed by atoms with Crippen LogP contribution >= 0.6 is 12.4 Å². The molecule has 1 amide bonds. The molecule has 0 bridgehead atoms. The van der Waals surface area contributed by atoms with Crippen LogP contribution in [-0.2, 0) is 17.9 Å². The first-order valence-electron chi connectivity index (χ1n) is 8.62. The summed E-state index contributed by atoms with van der Waals surface area (Å²) in [4.78, 5) is 11.7. The van der Waals surface area contributed by atoms with E-state index in [9.17, 15) is 9.18 Å². The Hall–Kier alpha value is -2.11. The van der Waals surface area contributed by atoms with E-state index in [1.165, 1.54) is 25.0 Å². The van der Waals surface area contributed by atoms with E-state index in [0.29, 0.717) is 25.4 Å². The van der Waals surface area contributed by atoms with Gasteiger partial charge in [-0.3, -0.25) is 4.79 Å². The highest BCUT2D eigenvalue weighted by Crippen LogP contribution is 2.27. The minimum absolute atomic E-state index is 0. The van der Waals surface area contributed by atoms with E-state index in [-0.39, 0.29) is 24.1 Å². The average Bonchev–Trinajstić information content (AvgIpc) is 3.43. The largest absolute Gasteiger partial charge is 0.489 e. The lowest BCUT2D eigenvalue weighted by Gasteiger charge is -2.09. The van der Waals surface area contributed by atoms with E-state index >= 15 is 0 Å². The first-order valence-corrected chi connectivity index (χ1v) is 8.62. The first kappa shape index (κ1) is 20.2. The van der Waals surface area contributed by atoms with E-state index in [2.05, 4.69) is 10.6 Å². The Kier molecular flexibility index (Phi) is 7.88. The molecular weight excluding hydrogens is 355 g/mol. The number of benzene rings is 2. The van der Waals surface area contributed by atoms with Gasteiger partial charge in [-0.25, -0.2) is 4.39 Å². The molecule has 2 N–H and O–H groups in total. The number of hydrogen-bond donors (Lipinski definition) is 2. The number of rotatable bonds is 9. The van der Waals surface area contributed by atoms with E-state index < -0.39 is 0 Å². The number of nitrogens with one attached hydrogen (secondary N) is 2. The van der Waals surface area contributed by atoms with Crippen LogP contribution in [0.25, 0.3) is 0 Å². The van der Waals surface area contributed by atoms with Crippen molar-refractivity contribution in [3.05, 3.63) is 65.5 Å². The van der Waals surface area contributed by atoms with Crippen molar-refractivity contribution in [2.45, 2.75) is 26.0 Å². The van der Waals surface area contributed by atoms with Gasteiger partial charge in [0.1, 0.15) is 18.2 Å². The van der Waals surface area contributed by atoms with E-state index in [4.69, 9.17) is 4.74 Å². The summed E-state index contributed by atoms with van der Waals surface area (Å²) in [7, 11) is 0. The smallest absolute Gasteiger partial charge is 0.234 e. The third-order valence-electron chi connectivity index (χ3n) is 4.12. The molecule has 0 saturated heterocycles. The van der Waals surface area contributed by atoms with Gasteiger partial charge in [-0.05, 0) is 60.7 Å². The lowest BCUT2D eigenvalue weighted by molar-refractivity contribution is -0.120. The number of ether oxygens (including phenoxy) is 1. The van der Waals surface area contributed by atoms with Crippen molar-refractivity contribution in [1.29, 1.82) is 0 Å². The quantitative estimate of drug-likeness (QED) is 0.702. The molecule has 0 spiro atoms. The predicted molar refractivity (Wildman–Crippen MR) is 102 cm³/mol. The molecule has 6 heteroatoms. The van der Waals surface area contributed by atoms with Crippen molar-refractivity contribution < 1.29 is 13.9 Å². The Balaban J connectivity index is 0.00000243. The van der Waals surface area contributed by atoms with Crippen molar-refractivity contribution in [3.8, 4) is 5.75 Å². The first-order chi connectivity index (χ1) is 12.2. The molecule has 3 rings (SSSR count). The Morgan fingerprint density at radius 1 is 1.12 bits per heavy atom. The minimum Gasteiger partial charge on any atom is -0.489 e. The van der Waals surface area contributed by atoms with Gasteiger partial charge in [-0.2, -0.15) is 0 Å². The van der Waals surface area contributed by atoms with Crippen molar-refractivity contribution in [2.24, 2.45) is 5.92 Å². The molecule has 4 nitrogen and oxygen atoms in total. The molecule has 26 heavy (non-hydrogen) atoms. The van der Waals surface area contributed by atoms with Crippen LogP contribution in [0.4, 0.5) is 4.39 Å². The van der Waals surface area contributed by atoms with Crippen molar-refractivity contribution in [1.82, 2.24) is 10.6 Å². The summed E-state index contributed by atoms with van der Waals surface area (Å²) in [5.74, 6) is 1.23. The van der Waals surface area contributed by atoms with Gasteiger partial charge in [0, 0.05) is 6.54 Å². The standard InChI is InChI=1S/C20H23FN2O2.ClH/c21-18-3-1-2-17(10-18)14-25-19-8-6-16(7-9-19)12-23-20(24)13-22-11-15-4-5-15;/h1-3,6-10,15,22H,4-5,11-14H2,(H,23,24);1H. The van der Waals surface area contributed by atoms with Crippen molar-refractivity contribution in [3.63, 3.8) is 0 Å². The predicted octanol–water partition coefficient (Wildman–Crippen LogP) is 3.44. The van der Waals surface area contributed by atoms with Crippen LogP contribution in [0.1, 0.15) is 24.0 Å². The SMILES string of the molecule is Cl.O=C(CNCC1CC1)NCc1ccc(OCc2cccc(F)c2)cc1. The Morgan fingerprint density at radius 2 is 1.88 bits per heavy atom. The fourth-order valence-electron chi connectivity index (χ4n) is 2.47. The lowest BCUT2D eigenvalue weighted by atomic mass is 10.2. The zero-order chi connectivity index (χ0) is 17.5. The van der Waals surface area contributed by atoms with Crippen LogP contribution in [0.5, 0.6) is 5.75 Å². The number of carbonyl (C=O) groups is 1. The van der Waals surface area contributed by atoms with E-state index in [1.807, 2.05) is 30.3 Å². The highest BCUT2D eigenvalue weighted by atomic mass is 35.5. The normalized spacial score (nSPS) is 13.0. The lowest BCUT2D eigenvalue weighted by Crippen LogP contribution is -2.34. The molecular formula is C20H24ClFN2O2. The van der Waals surface area contributed by atoms with Crippen LogP contribution in [0, 0.1) is 11.7 Å². The highest BCUT2D eigenvalue weighted by molar-refractivity contribution is 5.85. The molecule has 1 aliphatic rings. The summed E-state index contributed by atoms with van der Waals surface area (Å²) >= 11 is 0. The maximum atomic E-state index is 13.1. The monoisotopic (exact) mass is 378 g/mol. The fourth-order valence-corrected chi connectivity index (χ4v) is 2.47. The number of carbonyl (C=O) groups excluding carboxylic acids is 1. The molecule has 0 aliphatic heterocycles. The molecule has 0 heterocycles. The maximum Gasteiger partial charge on any atom is 0.234 e. The summed E-state index contributed by atoms with van der Waals surface area (Å²) in [6.07, 6.45) is 2.56. The molecule has 2 aromatic rings. The second-order valence-corrected chi connectivity index (χ2v) is 6.41. The second kappa shape index (κ2) is 10.1. The zero-order valence-corrected chi connectivity index (χ0v) is 15.4. The summed E-state index contributed by atoms with van der Waals surface area (Å²) in [5.41, 5.74) is 1.80. The highest BCUT2D eigenvalue weighted by Gasteiger charge is 2.20. The van der Waals surface area contributed by atoms with Gasteiger partial charge >= 0.3 is 0 Å². The molecule has 0 unspecified atom stereocenters. The van der Waals surface area contributed by atoms with Gasteiger partial charge in [-0.15, -0.1) is 12.4 Å². The third kappa shape index (κ3) is 7.02. The maximum absolute atomic E-state index is 13.1. The van der Waals surface area contributed by atoms with Gasteiger partial charge in [0.25, 0.3) is 0 Å². The summed E-state index contributed by atoms with van der Waals surface area (Å²) in [6, 6.07) is 13.9. The summed E-state index contributed by atoms with van der Waals surface area (Å²) < 4.78 is 18.8. The van der Waals surface area contributed by atoms with Crippen LogP contribution in [0.3, 0.4) is 0 Å².